The first-order valence-corrected chi connectivity index (χ1v) is 13.6. The van der Waals surface area contributed by atoms with Gasteiger partial charge < -0.3 is 19.5 Å². The molecule has 1 atom stereocenters. The van der Waals surface area contributed by atoms with Crippen LogP contribution >= 0.6 is 0 Å². The molecule has 2 aliphatic rings. The molecule has 0 spiro atoms. The highest BCUT2D eigenvalue weighted by molar-refractivity contribution is 6.09. The van der Waals surface area contributed by atoms with Crippen LogP contribution in [0, 0.1) is 6.92 Å². The number of nitrogens with one attached hydrogen (secondary N) is 1. The SMILES string of the molecule is Cc1ccc(CN2C(=O)/C(=C\c3ccc(C(=O)N[C@H](C)c4ccc5c(c4)OCCO5)cc3)Oc3ccccc32)cc1. The van der Waals surface area contributed by atoms with Crippen LogP contribution in [0.3, 0.4) is 0 Å². The Hall–Kier alpha value is -5.04. The molecule has 206 valence electrons. The lowest BCUT2D eigenvalue weighted by Gasteiger charge is -2.30. The smallest absolute Gasteiger partial charge is 0.294 e. The quantitative estimate of drug-likeness (QED) is 0.291. The highest BCUT2D eigenvalue weighted by Gasteiger charge is 2.30. The van der Waals surface area contributed by atoms with Crippen molar-refractivity contribution >= 4 is 23.6 Å². The molecule has 41 heavy (non-hydrogen) atoms. The van der Waals surface area contributed by atoms with E-state index in [1.807, 2.05) is 80.6 Å². The minimum absolute atomic E-state index is 0.199. The number of benzene rings is 4. The largest absolute Gasteiger partial charge is 0.486 e. The number of fused-ring (bicyclic) bond motifs is 2. The van der Waals surface area contributed by atoms with Gasteiger partial charge in [0.25, 0.3) is 11.8 Å². The molecule has 2 heterocycles. The molecule has 2 aliphatic heterocycles. The van der Waals surface area contributed by atoms with Gasteiger partial charge in [-0.15, -0.1) is 0 Å². The molecule has 4 aromatic rings. The number of ether oxygens (including phenoxy) is 3. The maximum atomic E-state index is 13.5. The van der Waals surface area contributed by atoms with E-state index in [9.17, 15) is 9.59 Å². The second-order valence-electron chi connectivity index (χ2n) is 10.2. The van der Waals surface area contributed by atoms with Crippen LogP contribution in [0.15, 0.2) is 96.8 Å². The van der Waals surface area contributed by atoms with Crippen LogP contribution < -0.4 is 24.4 Å². The molecule has 0 saturated heterocycles. The van der Waals surface area contributed by atoms with Gasteiger partial charge >= 0.3 is 0 Å². The Labute approximate surface area is 239 Å². The van der Waals surface area contributed by atoms with Crippen LogP contribution in [0.5, 0.6) is 17.2 Å². The highest BCUT2D eigenvalue weighted by Crippen LogP contribution is 2.37. The fraction of sp³-hybridized carbons (Fsp3) is 0.176. The van der Waals surface area contributed by atoms with Crippen molar-refractivity contribution < 1.29 is 23.8 Å². The molecule has 0 aliphatic carbocycles. The fourth-order valence-corrected chi connectivity index (χ4v) is 4.87. The molecule has 0 saturated carbocycles. The van der Waals surface area contributed by atoms with E-state index in [2.05, 4.69) is 5.32 Å². The Morgan fingerprint density at radius 1 is 0.902 bits per heavy atom. The first kappa shape index (κ1) is 26.2. The van der Waals surface area contributed by atoms with Crippen molar-refractivity contribution in [2.75, 3.05) is 18.1 Å². The van der Waals surface area contributed by atoms with E-state index in [-0.39, 0.29) is 23.6 Å². The van der Waals surface area contributed by atoms with E-state index >= 15 is 0 Å². The Morgan fingerprint density at radius 3 is 2.41 bits per heavy atom. The van der Waals surface area contributed by atoms with Gasteiger partial charge in [0.2, 0.25) is 0 Å². The molecular weight excluding hydrogens is 516 g/mol. The first-order chi connectivity index (χ1) is 19.9. The van der Waals surface area contributed by atoms with Crippen LogP contribution in [0.1, 0.15) is 45.6 Å². The lowest BCUT2D eigenvalue weighted by Crippen LogP contribution is -2.36. The Balaban J connectivity index is 1.17. The number of rotatable bonds is 6. The summed E-state index contributed by atoms with van der Waals surface area (Å²) < 4.78 is 17.3. The minimum Gasteiger partial charge on any atom is -0.486 e. The third-order valence-electron chi connectivity index (χ3n) is 7.18. The van der Waals surface area contributed by atoms with E-state index in [0.29, 0.717) is 42.6 Å². The number of anilines is 1. The number of amides is 2. The summed E-state index contributed by atoms with van der Waals surface area (Å²) in [4.78, 5) is 28.2. The number of carbonyl (C=O) groups is 2. The van der Waals surface area contributed by atoms with E-state index < -0.39 is 0 Å². The van der Waals surface area contributed by atoms with Crippen LogP contribution in [0.25, 0.3) is 6.08 Å². The predicted octanol–water partition coefficient (Wildman–Crippen LogP) is 6.22. The van der Waals surface area contributed by atoms with Crippen molar-refractivity contribution in [2.24, 2.45) is 0 Å². The van der Waals surface area contributed by atoms with Gasteiger partial charge in [-0.05, 0) is 73.0 Å². The van der Waals surface area contributed by atoms with Crippen molar-refractivity contribution in [3.05, 3.63) is 125 Å². The number of carbonyl (C=O) groups excluding carboxylic acids is 2. The van der Waals surface area contributed by atoms with E-state index in [1.165, 1.54) is 0 Å². The van der Waals surface area contributed by atoms with Crippen molar-refractivity contribution in [3.63, 3.8) is 0 Å². The summed E-state index contributed by atoms with van der Waals surface area (Å²) in [6.07, 6.45) is 1.71. The lowest BCUT2D eigenvalue weighted by atomic mass is 10.1. The van der Waals surface area contributed by atoms with Gasteiger partial charge in [0.1, 0.15) is 13.2 Å². The molecule has 7 nitrogen and oxygen atoms in total. The van der Waals surface area contributed by atoms with Crippen molar-refractivity contribution in [1.29, 1.82) is 0 Å². The van der Waals surface area contributed by atoms with Gasteiger partial charge in [0, 0.05) is 5.56 Å². The molecule has 2 amide bonds. The molecule has 0 bridgehead atoms. The Bertz CT molecular complexity index is 1630. The van der Waals surface area contributed by atoms with Crippen LogP contribution in [-0.4, -0.2) is 25.0 Å². The molecule has 0 fully saturated rings. The summed E-state index contributed by atoms with van der Waals surface area (Å²) in [6.45, 7) is 5.43. The molecule has 0 radical (unpaired) electrons. The van der Waals surface area contributed by atoms with Gasteiger partial charge in [-0.25, -0.2) is 0 Å². The summed E-state index contributed by atoms with van der Waals surface area (Å²) in [5.41, 5.74) is 5.11. The number of nitrogens with zero attached hydrogens (tertiary/aromatic N) is 1. The van der Waals surface area contributed by atoms with Crippen LogP contribution in [-0.2, 0) is 11.3 Å². The lowest BCUT2D eigenvalue weighted by molar-refractivity contribution is -0.117. The third-order valence-corrected chi connectivity index (χ3v) is 7.18. The summed E-state index contributed by atoms with van der Waals surface area (Å²) in [6, 6.07) is 28.2. The van der Waals surface area contributed by atoms with E-state index in [4.69, 9.17) is 14.2 Å². The van der Waals surface area contributed by atoms with Crippen molar-refractivity contribution in [1.82, 2.24) is 5.32 Å². The fourth-order valence-electron chi connectivity index (χ4n) is 4.87. The maximum absolute atomic E-state index is 13.5. The summed E-state index contributed by atoms with van der Waals surface area (Å²) in [5.74, 6) is 1.82. The maximum Gasteiger partial charge on any atom is 0.294 e. The summed E-state index contributed by atoms with van der Waals surface area (Å²) >= 11 is 0. The number of para-hydroxylation sites is 2. The second-order valence-corrected chi connectivity index (χ2v) is 10.2. The van der Waals surface area contributed by atoms with Crippen LogP contribution in [0.2, 0.25) is 0 Å². The average molecular weight is 547 g/mol. The molecule has 7 heteroatoms. The highest BCUT2D eigenvalue weighted by atomic mass is 16.6. The van der Waals surface area contributed by atoms with Gasteiger partial charge in [0.05, 0.1) is 18.3 Å². The number of hydrogen-bond acceptors (Lipinski definition) is 5. The van der Waals surface area contributed by atoms with Gasteiger partial charge in [0.15, 0.2) is 23.0 Å². The predicted molar refractivity (Wildman–Crippen MR) is 157 cm³/mol. The summed E-state index contributed by atoms with van der Waals surface area (Å²) in [5, 5.41) is 3.03. The van der Waals surface area contributed by atoms with Gasteiger partial charge in [-0.2, -0.15) is 0 Å². The molecule has 6 rings (SSSR count). The third kappa shape index (κ3) is 5.65. The Morgan fingerprint density at radius 2 is 1.63 bits per heavy atom. The standard InChI is InChI=1S/C34H30N2O5/c1-22-7-9-25(10-8-22)21-36-28-5-3-4-6-29(28)41-32(34(36)38)19-24-11-13-26(14-12-24)33(37)35-23(2)27-15-16-30-31(20-27)40-18-17-39-30/h3-16,19-20,23H,17-18,21H2,1-2H3,(H,35,37)/b32-19+/t23-/m1/s1. The number of hydrogen-bond donors (Lipinski definition) is 1. The zero-order chi connectivity index (χ0) is 28.3. The Kier molecular flexibility index (Phi) is 7.17. The second kappa shape index (κ2) is 11.2. The molecule has 4 aromatic carbocycles. The van der Waals surface area contributed by atoms with Crippen molar-refractivity contribution in [2.45, 2.75) is 26.4 Å². The zero-order valence-corrected chi connectivity index (χ0v) is 22.9. The molecular formula is C34H30N2O5. The molecule has 0 unspecified atom stereocenters. The summed E-state index contributed by atoms with van der Waals surface area (Å²) in [7, 11) is 0. The molecule has 1 N–H and O–H groups in total. The average Bonchev–Trinajstić information content (AvgIpc) is 3.00. The number of aryl methyl sites for hydroxylation is 1. The normalized spacial score (nSPS) is 15.6. The monoisotopic (exact) mass is 546 g/mol. The first-order valence-electron chi connectivity index (χ1n) is 13.6. The molecule has 0 aromatic heterocycles. The van der Waals surface area contributed by atoms with Crippen LogP contribution in [0.4, 0.5) is 5.69 Å². The van der Waals surface area contributed by atoms with E-state index in [0.717, 1.165) is 27.9 Å². The zero-order valence-electron chi connectivity index (χ0n) is 22.9. The minimum atomic E-state index is -0.229. The van der Waals surface area contributed by atoms with Crippen molar-refractivity contribution in [3.8, 4) is 17.2 Å². The van der Waals surface area contributed by atoms with Gasteiger partial charge in [-0.1, -0.05) is 60.2 Å². The topological polar surface area (TPSA) is 77.1 Å². The van der Waals surface area contributed by atoms with E-state index in [1.54, 1.807) is 35.2 Å². The van der Waals surface area contributed by atoms with Gasteiger partial charge in [-0.3, -0.25) is 14.5 Å².